The molecule has 43 heavy (non-hydrogen) atoms. The number of rotatable bonds is 23. The summed E-state index contributed by atoms with van der Waals surface area (Å²) >= 11 is 0. The van der Waals surface area contributed by atoms with E-state index in [1.54, 1.807) is 26.1 Å². The molecular weight excluding hydrogens is 544 g/mol. The molecule has 246 valence electrons. The smallest absolute Gasteiger partial charge is 0.304 e. The summed E-state index contributed by atoms with van der Waals surface area (Å²) in [6.07, 6.45) is 19.2. The predicted molar refractivity (Wildman–Crippen MR) is 171 cm³/mol. The maximum absolute atomic E-state index is 13.7. The number of Topliss-reactive ketones (excluding diaryl/α,β-unsaturated/α-hetero) is 1. The first-order valence-corrected chi connectivity index (χ1v) is 17.0. The lowest BCUT2D eigenvalue weighted by Crippen LogP contribution is -2.53. The van der Waals surface area contributed by atoms with E-state index in [0.29, 0.717) is 43.7 Å². The van der Waals surface area contributed by atoms with Crippen molar-refractivity contribution in [3.05, 3.63) is 23.5 Å². The van der Waals surface area contributed by atoms with Crippen molar-refractivity contribution in [2.24, 2.45) is 5.41 Å². The second-order valence-corrected chi connectivity index (χ2v) is 13.6. The van der Waals surface area contributed by atoms with Crippen LogP contribution in [0.1, 0.15) is 166 Å². The lowest BCUT2D eigenvalue weighted by Gasteiger charge is -2.45. The third-order valence-corrected chi connectivity index (χ3v) is 8.57. The van der Waals surface area contributed by atoms with Gasteiger partial charge in [0.2, 0.25) is 5.91 Å². The Balaban J connectivity index is 1.70. The van der Waals surface area contributed by atoms with Gasteiger partial charge < -0.3 is 24.9 Å². The summed E-state index contributed by atoms with van der Waals surface area (Å²) in [7, 11) is 0. The van der Waals surface area contributed by atoms with Crippen LogP contribution in [0.25, 0.3) is 0 Å². The summed E-state index contributed by atoms with van der Waals surface area (Å²) in [4.78, 5) is 40.9. The fourth-order valence-corrected chi connectivity index (χ4v) is 5.92. The van der Waals surface area contributed by atoms with Gasteiger partial charge in [-0.05, 0) is 39.2 Å². The number of hydrogen-bond donors (Lipinski definition) is 3. The fourth-order valence-electron chi connectivity index (χ4n) is 5.92. The fraction of sp³-hybridized carbons (Fsp3) is 0.800. The van der Waals surface area contributed by atoms with E-state index in [4.69, 9.17) is 9.47 Å². The van der Waals surface area contributed by atoms with Crippen LogP contribution in [0.15, 0.2) is 12.3 Å². The lowest BCUT2D eigenvalue weighted by atomic mass is 9.80. The number of amides is 1. The van der Waals surface area contributed by atoms with Gasteiger partial charge in [0.15, 0.2) is 11.6 Å². The Bertz CT molecular complexity index is 969. The van der Waals surface area contributed by atoms with Gasteiger partial charge in [0.1, 0.15) is 6.10 Å². The van der Waals surface area contributed by atoms with E-state index < -0.39 is 23.3 Å². The Morgan fingerprint density at radius 3 is 2.09 bits per heavy atom. The summed E-state index contributed by atoms with van der Waals surface area (Å²) in [5.74, 6) is -2.29. The number of carbonyl (C=O) groups excluding carboxylic acids is 2. The van der Waals surface area contributed by atoms with Crippen LogP contribution in [0.3, 0.4) is 0 Å². The van der Waals surface area contributed by atoms with Crippen LogP contribution >= 0.6 is 0 Å². The number of hydrogen-bond acceptors (Lipinski definition) is 5. The number of carboxylic acid groups (broad SMARTS) is 1. The molecule has 1 amide bonds. The molecular formula is C35H60N2O6. The molecule has 8 nitrogen and oxygen atoms in total. The number of nitrogens with one attached hydrogen (secondary N) is 2. The quantitative estimate of drug-likeness (QED) is 0.0854. The van der Waals surface area contributed by atoms with Crippen molar-refractivity contribution < 1.29 is 29.0 Å². The van der Waals surface area contributed by atoms with Crippen molar-refractivity contribution in [3.8, 4) is 0 Å². The molecule has 2 atom stereocenters. The van der Waals surface area contributed by atoms with E-state index in [1.165, 1.54) is 70.6 Å². The molecule has 1 saturated heterocycles. The van der Waals surface area contributed by atoms with Crippen LogP contribution < -0.4 is 5.32 Å². The summed E-state index contributed by atoms with van der Waals surface area (Å²) in [6.45, 7) is 10.6. The average molecular weight is 605 g/mol. The van der Waals surface area contributed by atoms with Crippen LogP contribution in [-0.4, -0.2) is 52.8 Å². The normalized spacial score (nSPS) is 18.3. The van der Waals surface area contributed by atoms with Crippen LogP contribution in [0.4, 0.5) is 0 Å². The Morgan fingerprint density at radius 1 is 0.930 bits per heavy atom. The molecule has 0 saturated carbocycles. The minimum atomic E-state index is -0.923. The molecule has 0 bridgehead atoms. The maximum atomic E-state index is 13.7. The third kappa shape index (κ3) is 14.0. The number of unbranched alkanes of at least 4 members (excludes halogenated alkanes) is 12. The Kier molecular flexibility index (Phi) is 16.6. The van der Waals surface area contributed by atoms with Crippen molar-refractivity contribution >= 4 is 17.7 Å². The second-order valence-electron chi connectivity index (χ2n) is 13.6. The molecule has 2 heterocycles. The van der Waals surface area contributed by atoms with Gasteiger partial charge in [-0.15, -0.1) is 0 Å². The highest BCUT2D eigenvalue weighted by Crippen LogP contribution is 2.38. The van der Waals surface area contributed by atoms with E-state index in [-0.39, 0.29) is 24.0 Å². The van der Waals surface area contributed by atoms with Crippen molar-refractivity contribution in [2.45, 2.75) is 162 Å². The zero-order valence-corrected chi connectivity index (χ0v) is 27.7. The highest BCUT2D eigenvalue weighted by molar-refractivity contribution is 6.01. The molecule has 0 spiro atoms. The molecule has 3 N–H and O–H groups in total. The van der Waals surface area contributed by atoms with E-state index >= 15 is 0 Å². The molecule has 2 rings (SSSR count). The van der Waals surface area contributed by atoms with Crippen molar-refractivity contribution in [1.29, 1.82) is 0 Å². The average Bonchev–Trinajstić information content (AvgIpc) is 3.44. The molecule has 1 aromatic heterocycles. The molecule has 1 aliphatic rings. The van der Waals surface area contributed by atoms with Gasteiger partial charge in [0.25, 0.3) is 0 Å². The van der Waals surface area contributed by atoms with Gasteiger partial charge >= 0.3 is 5.97 Å². The van der Waals surface area contributed by atoms with E-state index in [2.05, 4.69) is 17.2 Å². The minimum absolute atomic E-state index is 0.0510. The summed E-state index contributed by atoms with van der Waals surface area (Å²) in [5, 5.41) is 12.6. The Morgan fingerprint density at radius 2 is 1.51 bits per heavy atom. The van der Waals surface area contributed by atoms with Gasteiger partial charge in [0, 0.05) is 41.8 Å². The molecule has 1 aromatic rings. The van der Waals surface area contributed by atoms with E-state index in [1.807, 2.05) is 13.8 Å². The van der Waals surface area contributed by atoms with Gasteiger partial charge in [-0.2, -0.15) is 0 Å². The molecule has 8 heteroatoms. The zero-order valence-electron chi connectivity index (χ0n) is 27.7. The van der Waals surface area contributed by atoms with Crippen LogP contribution in [0, 0.1) is 5.41 Å². The Labute approximate surface area is 260 Å². The monoisotopic (exact) mass is 604 g/mol. The van der Waals surface area contributed by atoms with E-state index in [0.717, 1.165) is 12.8 Å². The SMILES string of the molecule is CCCCCCCCCCCCCCCC(=O)NCCCC(CC(=O)O)c1[nH]ccc1C(=O)C1OC(C)(C)OCC1(C)C. The molecule has 1 fully saturated rings. The number of H-pyrrole nitrogens is 1. The largest absolute Gasteiger partial charge is 0.481 e. The van der Waals surface area contributed by atoms with Gasteiger partial charge in [0.05, 0.1) is 13.0 Å². The summed E-state index contributed by atoms with van der Waals surface area (Å²) in [6, 6.07) is 1.71. The third-order valence-electron chi connectivity index (χ3n) is 8.57. The first kappa shape index (κ1) is 37.0. The minimum Gasteiger partial charge on any atom is -0.481 e. The lowest BCUT2D eigenvalue weighted by molar-refractivity contribution is -0.298. The standard InChI is InChI=1S/C35H60N2O6/c1-6-7-8-9-10-11-12-13-14-15-16-17-18-21-29(38)36-23-19-20-27(25-30(39)40)31-28(22-24-37-31)32(41)33-34(2,3)26-42-35(4,5)43-33/h22,24,27,33,37H,6-21,23,25-26H2,1-5H3,(H,36,38)(H,39,40). The highest BCUT2D eigenvalue weighted by Gasteiger charge is 2.46. The molecule has 0 radical (unpaired) electrons. The first-order chi connectivity index (χ1) is 20.5. The number of carbonyl (C=O) groups is 3. The molecule has 2 unspecified atom stereocenters. The van der Waals surface area contributed by atoms with Gasteiger partial charge in [-0.3, -0.25) is 14.4 Å². The van der Waals surface area contributed by atoms with Crippen LogP contribution in [0.5, 0.6) is 0 Å². The molecule has 0 aliphatic carbocycles. The van der Waals surface area contributed by atoms with E-state index in [9.17, 15) is 19.5 Å². The first-order valence-electron chi connectivity index (χ1n) is 17.0. The number of ether oxygens (including phenoxy) is 2. The zero-order chi connectivity index (χ0) is 31.7. The Hall–Kier alpha value is -2.19. The van der Waals surface area contributed by atoms with Crippen LogP contribution in [-0.2, 0) is 19.1 Å². The topological polar surface area (TPSA) is 118 Å². The highest BCUT2D eigenvalue weighted by atomic mass is 16.7. The second kappa shape index (κ2) is 19.3. The summed E-state index contributed by atoms with van der Waals surface area (Å²) in [5.41, 5.74) is 0.559. The molecule has 1 aliphatic heterocycles. The number of aromatic nitrogens is 1. The van der Waals surface area contributed by atoms with Gasteiger partial charge in [-0.1, -0.05) is 97.8 Å². The molecule has 0 aromatic carbocycles. The summed E-state index contributed by atoms with van der Waals surface area (Å²) < 4.78 is 11.8. The number of aromatic amines is 1. The van der Waals surface area contributed by atoms with Crippen molar-refractivity contribution in [3.63, 3.8) is 0 Å². The van der Waals surface area contributed by atoms with Crippen molar-refractivity contribution in [2.75, 3.05) is 13.2 Å². The predicted octanol–water partition coefficient (Wildman–Crippen LogP) is 8.31. The van der Waals surface area contributed by atoms with Crippen LogP contribution in [0.2, 0.25) is 0 Å². The maximum Gasteiger partial charge on any atom is 0.304 e. The number of aliphatic carboxylic acids is 1. The number of ketones is 1. The number of carboxylic acids is 1. The van der Waals surface area contributed by atoms with Gasteiger partial charge in [-0.25, -0.2) is 0 Å². The van der Waals surface area contributed by atoms with Crippen molar-refractivity contribution in [1.82, 2.24) is 10.3 Å².